The molecule has 1 saturated heterocycles. The van der Waals surface area contributed by atoms with E-state index in [1.54, 1.807) is 22.5 Å². The third-order valence-electron chi connectivity index (χ3n) is 4.63. The molecule has 25 heavy (non-hydrogen) atoms. The quantitative estimate of drug-likeness (QED) is 0.818. The van der Waals surface area contributed by atoms with Crippen molar-refractivity contribution in [1.29, 1.82) is 0 Å². The minimum atomic E-state index is -3.46. The van der Waals surface area contributed by atoms with E-state index in [4.69, 9.17) is 11.6 Å². The molecule has 0 aromatic heterocycles. The predicted octanol–water partition coefficient (Wildman–Crippen LogP) is 3.46. The van der Waals surface area contributed by atoms with Gasteiger partial charge in [-0.05, 0) is 43.2 Å². The maximum Gasteiger partial charge on any atom is 0.243 e. The maximum atomic E-state index is 12.8. The molecule has 0 unspecified atom stereocenters. The first-order chi connectivity index (χ1) is 11.9. The van der Waals surface area contributed by atoms with Crippen molar-refractivity contribution in [3.8, 4) is 0 Å². The number of halogens is 1. The summed E-state index contributed by atoms with van der Waals surface area (Å²) in [6, 6.07) is 13.4. The molecule has 1 aliphatic heterocycles. The molecule has 1 fully saturated rings. The second-order valence-corrected chi connectivity index (χ2v) is 8.92. The van der Waals surface area contributed by atoms with Gasteiger partial charge >= 0.3 is 0 Å². The van der Waals surface area contributed by atoms with E-state index in [1.165, 1.54) is 11.1 Å². The maximum absolute atomic E-state index is 12.8. The Hall–Kier alpha value is -1.40. The summed E-state index contributed by atoms with van der Waals surface area (Å²) in [5.41, 5.74) is 3.29. The first-order valence-electron chi connectivity index (χ1n) is 8.40. The van der Waals surface area contributed by atoms with Crippen molar-refractivity contribution >= 4 is 21.6 Å². The molecule has 4 nitrogen and oxygen atoms in total. The van der Waals surface area contributed by atoms with Gasteiger partial charge in [0.15, 0.2) is 0 Å². The summed E-state index contributed by atoms with van der Waals surface area (Å²) < 4.78 is 27.2. The van der Waals surface area contributed by atoms with E-state index in [-0.39, 0.29) is 0 Å². The molecule has 0 N–H and O–H groups in total. The van der Waals surface area contributed by atoms with E-state index in [2.05, 4.69) is 36.1 Å². The Morgan fingerprint density at radius 3 is 2.20 bits per heavy atom. The molecule has 0 atom stereocenters. The normalized spacial score (nSPS) is 16.9. The SMILES string of the molecule is Cc1ccc(CN2CCN(S(=O)(=O)c3ccc(Cl)c(C)c3)CC2)cc1. The summed E-state index contributed by atoms with van der Waals surface area (Å²) in [4.78, 5) is 2.62. The summed E-state index contributed by atoms with van der Waals surface area (Å²) >= 11 is 6.01. The van der Waals surface area contributed by atoms with Gasteiger partial charge in [0, 0.05) is 37.7 Å². The van der Waals surface area contributed by atoms with Crippen molar-refractivity contribution < 1.29 is 8.42 Å². The highest BCUT2D eigenvalue weighted by Gasteiger charge is 2.28. The molecule has 0 amide bonds. The lowest BCUT2D eigenvalue weighted by atomic mass is 10.1. The second kappa shape index (κ2) is 7.46. The average Bonchev–Trinajstić information content (AvgIpc) is 2.60. The van der Waals surface area contributed by atoms with Crippen molar-refractivity contribution in [3.05, 3.63) is 64.2 Å². The van der Waals surface area contributed by atoms with Gasteiger partial charge < -0.3 is 0 Å². The first-order valence-corrected chi connectivity index (χ1v) is 10.2. The van der Waals surface area contributed by atoms with Gasteiger partial charge in [-0.25, -0.2) is 8.42 Å². The van der Waals surface area contributed by atoms with Crippen LogP contribution in [0.5, 0.6) is 0 Å². The van der Waals surface area contributed by atoms with Gasteiger partial charge in [0.1, 0.15) is 0 Å². The highest BCUT2D eigenvalue weighted by atomic mass is 35.5. The molecule has 0 bridgehead atoms. The lowest BCUT2D eigenvalue weighted by molar-refractivity contribution is 0.181. The van der Waals surface area contributed by atoms with Crippen LogP contribution in [-0.4, -0.2) is 43.8 Å². The molecular weight excluding hydrogens is 356 g/mol. The van der Waals surface area contributed by atoms with E-state index in [0.29, 0.717) is 23.0 Å². The van der Waals surface area contributed by atoms with E-state index >= 15 is 0 Å². The van der Waals surface area contributed by atoms with Crippen LogP contribution in [-0.2, 0) is 16.6 Å². The first kappa shape index (κ1) is 18.4. The Kier molecular flexibility index (Phi) is 5.49. The lowest BCUT2D eigenvalue weighted by Crippen LogP contribution is -2.48. The van der Waals surface area contributed by atoms with Crippen LogP contribution in [0.2, 0.25) is 5.02 Å². The molecule has 1 heterocycles. The number of sulfonamides is 1. The van der Waals surface area contributed by atoms with E-state index in [1.807, 2.05) is 6.92 Å². The monoisotopic (exact) mass is 378 g/mol. The lowest BCUT2D eigenvalue weighted by Gasteiger charge is -2.34. The van der Waals surface area contributed by atoms with Crippen LogP contribution in [0.15, 0.2) is 47.4 Å². The van der Waals surface area contributed by atoms with Crippen molar-refractivity contribution in [3.63, 3.8) is 0 Å². The molecule has 0 saturated carbocycles. The van der Waals surface area contributed by atoms with Crippen molar-refractivity contribution in [1.82, 2.24) is 9.21 Å². The van der Waals surface area contributed by atoms with Crippen LogP contribution in [0.25, 0.3) is 0 Å². The van der Waals surface area contributed by atoms with Gasteiger partial charge in [0.25, 0.3) is 0 Å². The van der Waals surface area contributed by atoms with E-state index in [9.17, 15) is 8.42 Å². The number of hydrogen-bond acceptors (Lipinski definition) is 3. The summed E-state index contributed by atoms with van der Waals surface area (Å²) in [7, 11) is -3.46. The fourth-order valence-electron chi connectivity index (χ4n) is 3.01. The van der Waals surface area contributed by atoms with Crippen LogP contribution in [0.3, 0.4) is 0 Å². The highest BCUT2D eigenvalue weighted by molar-refractivity contribution is 7.89. The zero-order valence-electron chi connectivity index (χ0n) is 14.6. The smallest absolute Gasteiger partial charge is 0.243 e. The number of rotatable bonds is 4. The fraction of sp³-hybridized carbons (Fsp3) is 0.368. The third kappa shape index (κ3) is 4.23. The van der Waals surface area contributed by atoms with Crippen LogP contribution in [0.1, 0.15) is 16.7 Å². The van der Waals surface area contributed by atoms with Gasteiger partial charge in [-0.2, -0.15) is 4.31 Å². The Labute approximate surface area is 155 Å². The molecular formula is C19H23ClN2O2S. The minimum absolute atomic E-state index is 0.321. The van der Waals surface area contributed by atoms with E-state index in [0.717, 1.165) is 25.2 Å². The molecule has 134 valence electrons. The minimum Gasteiger partial charge on any atom is -0.296 e. The predicted molar refractivity (Wildman–Crippen MR) is 101 cm³/mol. The Bertz CT molecular complexity index is 842. The molecule has 6 heteroatoms. The standard InChI is InChI=1S/C19H23ClN2O2S/c1-15-3-5-17(6-4-15)14-21-9-11-22(12-10-21)25(23,24)18-7-8-19(20)16(2)13-18/h3-8,13H,9-12,14H2,1-2H3. The molecule has 3 rings (SSSR count). The number of nitrogens with zero attached hydrogens (tertiary/aromatic N) is 2. The molecule has 0 spiro atoms. The average molecular weight is 379 g/mol. The molecule has 0 aliphatic carbocycles. The topological polar surface area (TPSA) is 40.6 Å². The largest absolute Gasteiger partial charge is 0.296 e. The van der Waals surface area contributed by atoms with Gasteiger partial charge in [-0.15, -0.1) is 0 Å². The number of benzene rings is 2. The van der Waals surface area contributed by atoms with Gasteiger partial charge in [-0.3, -0.25) is 4.90 Å². The number of piperazine rings is 1. The summed E-state index contributed by atoms with van der Waals surface area (Å²) in [6.45, 7) is 7.24. The van der Waals surface area contributed by atoms with Crippen molar-refractivity contribution in [2.24, 2.45) is 0 Å². The van der Waals surface area contributed by atoms with Gasteiger partial charge in [-0.1, -0.05) is 41.4 Å². The summed E-state index contributed by atoms with van der Waals surface area (Å²) in [5, 5.41) is 0.585. The highest BCUT2D eigenvalue weighted by Crippen LogP contribution is 2.23. The number of hydrogen-bond donors (Lipinski definition) is 0. The Balaban J connectivity index is 1.64. The van der Waals surface area contributed by atoms with Crippen LogP contribution in [0, 0.1) is 13.8 Å². The van der Waals surface area contributed by atoms with Crippen LogP contribution < -0.4 is 0 Å². The summed E-state index contributed by atoms with van der Waals surface area (Å²) in [6.07, 6.45) is 0. The molecule has 0 radical (unpaired) electrons. The molecule has 2 aromatic carbocycles. The van der Waals surface area contributed by atoms with Crippen LogP contribution in [0.4, 0.5) is 0 Å². The van der Waals surface area contributed by atoms with Gasteiger partial charge in [0.2, 0.25) is 10.0 Å². The fourth-order valence-corrected chi connectivity index (χ4v) is 4.63. The van der Waals surface area contributed by atoms with Crippen molar-refractivity contribution in [2.75, 3.05) is 26.2 Å². The van der Waals surface area contributed by atoms with Gasteiger partial charge in [0.05, 0.1) is 4.90 Å². The summed E-state index contributed by atoms with van der Waals surface area (Å²) in [5.74, 6) is 0. The zero-order chi connectivity index (χ0) is 18.0. The second-order valence-electron chi connectivity index (χ2n) is 6.58. The Morgan fingerprint density at radius 1 is 0.960 bits per heavy atom. The molecule has 2 aromatic rings. The Morgan fingerprint density at radius 2 is 1.60 bits per heavy atom. The number of aryl methyl sites for hydroxylation is 2. The van der Waals surface area contributed by atoms with Crippen molar-refractivity contribution in [2.45, 2.75) is 25.3 Å². The van der Waals surface area contributed by atoms with Crippen LogP contribution >= 0.6 is 11.6 Å². The van der Waals surface area contributed by atoms with E-state index < -0.39 is 10.0 Å². The zero-order valence-corrected chi connectivity index (χ0v) is 16.1. The third-order valence-corrected chi connectivity index (χ3v) is 6.94. The molecule has 1 aliphatic rings.